The van der Waals surface area contributed by atoms with E-state index < -0.39 is 5.60 Å². The molecule has 0 spiro atoms. The van der Waals surface area contributed by atoms with E-state index in [0.717, 1.165) is 17.7 Å². The van der Waals surface area contributed by atoms with E-state index in [2.05, 4.69) is 4.98 Å². The average molecular weight is 251 g/mol. The molecule has 1 aliphatic heterocycles. The second kappa shape index (κ2) is 4.12. The molecule has 0 saturated carbocycles. The molecule has 0 aliphatic carbocycles. The number of fused-ring (bicyclic) bond motifs is 1. The van der Waals surface area contributed by atoms with Crippen LogP contribution in [0, 0.1) is 0 Å². The number of aromatic nitrogens is 2. The third-order valence-corrected chi connectivity index (χ3v) is 2.77. The molecule has 0 saturated heterocycles. The molecule has 1 aromatic heterocycles. The Morgan fingerprint density at radius 3 is 2.56 bits per heavy atom. The van der Waals surface area contributed by atoms with Crippen molar-refractivity contribution in [3.8, 4) is 0 Å². The molecule has 0 radical (unpaired) electrons. The van der Waals surface area contributed by atoms with Gasteiger partial charge in [-0.1, -0.05) is 0 Å². The quantitative estimate of drug-likeness (QED) is 0.709. The summed E-state index contributed by atoms with van der Waals surface area (Å²) in [5.74, 6) is 0.392. The van der Waals surface area contributed by atoms with Crippen molar-refractivity contribution in [2.45, 2.75) is 39.5 Å². The summed E-state index contributed by atoms with van der Waals surface area (Å²) in [5.41, 5.74) is 1.15. The van der Waals surface area contributed by atoms with Crippen molar-refractivity contribution < 1.29 is 14.3 Å². The van der Waals surface area contributed by atoms with Gasteiger partial charge in [0.1, 0.15) is 5.60 Å². The lowest BCUT2D eigenvalue weighted by atomic mass is 10.2. The molecule has 1 aliphatic rings. The number of hydrogen-bond acceptors (Lipinski definition) is 4. The topological polar surface area (TPSA) is 64.4 Å². The summed E-state index contributed by atoms with van der Waals surface area (Å²) in [6.45, 7) is 6.32. The fourth-order valence-electron chi connectivity index (χ4n) is 1.91. The van der Waals surface area contributed by atoms with Crippen LogP contribution in [0.25, 0.3) is 0 Å². The van der Waals surface area contributed by atoms with Crippen LogP contribution in [-0.2, 0) is 24.9 Å². The predicted molar refractivity (Wildman–Crippen MR) is 64.1 cm³/mol. The Hall–Kier alpha value is -1.85. The first-order valence-electron chi connectivity index (χ1n) is 5.79. The van der Waals surface area contributed by atoms with Crippen LogP contribution in [0.1, 0.15) is 42.8 Å². The second-order valence-corrected chi connectivity index (χ2v) is 5.38. The fourth-order valence-corrected chi connectivity index (χ4v) is 1.91. The van der Waals surface area contributed by atoms with E-state index in [1.54, 1.807) is 16.5 Å². The van der Waals surface area contributed by atoms with Crippen LogP contribution in [-0.4, -0.2) is 32.4 Å². The van der Waals surface area contributed by atoms with Crippen LogP contribution in [0.15, 0.2) is 0 Å². The van der Waals surface area contributed by atoms with Crippen LogP contribution in [0.3, 0.4) is 0 Å². The molecular weight excluding hydrogens is 234 g/mol. The highest BCUT2D eigenvalue weighted by Crippen LogP contribution is 2.24. The normalized spacial score (nSPS) is 14.6. The molecule has 6 nitrogen and oxygen atoms in total. The molecular formula is C12H17N3O3. The molecule has 2 rings (SSSR count). The average Bonchev–Trinajstić information content (AvgIpc) is 2.76. The van der Waals surface area contributed by atoms with Gasteiger partial charge in [0, 0.05) is 7.05 Å². The molecule has 6 heteroatoms. The number of nitrogens with zero attached hydrogens (tertiary/aromatic N) is 3. The van der Waals surface area contributed by atoms with Crippen molar-refractivity contribution in [2.75, 3.05) is 0 Å². The van der Waals surface area contributed by atoms with Gasteiger partial charge in [-0.3, -0.25) is 9.69 Å². The van der Waals surface area contributed by atoms with Crippen molar-refractivity contribution in [2.24, 2.45) is 7.05 Å². The van der Waals surface area contributed by atoms with Crippen LogP contribution < -0.4 is 0 Å². The lowest BCUT2D eigenvalue weighted by Gasteiger charge is -2.24. The van der Waals surface area contributed by atoms with E-state index in [9.17, 15) is 9.59 Å². The van der Waals surface area contributed by atoms with Gasteiger partial charge in [0.15, 0.2) is 12.1 Å². The zero-order chi connectivity index (χ0) is 13.5. The highest BCUT2D eigenvalue weighted by molar-refractivity contribution is 5.71. The largest absolute Gasteiger partial charge is 0.444 e. The number of rotatable bonds is 1. The van der Waals surface area contributed by atoms with Gasteiger partial charge in [-0.15, -0.1) is 0 Å². The maximum Gasteiger partial charge on any atom is 0.410 e. The Balaban J connectivity index is 2.11. The standard InChI is InChI=1S/C12H17N3O3/c1-12(2,3)18-11(17)15-5-8-9(6-15)14(4)10(7-16)13-8/h7H,5-6H2,1-4H3. The molecule has 2 heterocycles. The van der Waals surface area contributed by atoms with Crippen LogP contribution >= 0.6 is 0 Å². The molecule has 0 bridgehead atoms. The van der Waals surface area contributed by atoms with Crippen molar-refractivity contribution in [1.82, 2.24) is 14.5 Å². The van der Waals surface area contributed by atoms with E-state index in [-0.39, 0.29) is 6.09 Å². The zero-order valence-corrected chi connectivity index (χ0v) is 11.1. The summed E-state index contributed by atoms with van der Waals surface area (Å²) >= 11 is 0. The molecule has 98 valence electrons. The summed E-state index contributed by atoms with van der Waals surface area (Å²) in [5, 5.41) is 0. The second-order valence-electron chi connectivity index (χ2n) is 5.38. The van der Waals surface area contributed by atoms with E-state index in [0.29, 0.717) is 18.9 Å². The highest BCUT2D eigenvalue weighted by Gasteiger charge is 2.31. The number of amides is 1. The Bertz CT molecular complexity index is 499. The minimum atomic E-state index is -0.507. The van der Waals surface area contributed by atoms with Gasteiger partial charge in [-0.25, -0.2) is 9.78 Å². The molecule has 18 heavy (non-hydrogen) atoms. The van der Waals surface area contributed by atoms with E-state index in [4.69, 9.17) is 4.74 Å². The first kappa shape index (κ1) is 12.6. The first-order chi connectivity index (χ1) is 8.31. The number of aldehydes is 1. The van der Waals surface area contributed by atoms with Gasteiger partial charge in [0.05, 0.1) is 24.5 Å². The van der Waals surface area contributed by atoms with Gasteiger partial charge < -0.3 is 9.30 Å². The summed E-state index contributed by atoms with van der Waals surface area (Å²) in [4.78, 5) is 28.4. The van der Waals surface area contributed by atoms with E-state index in [1.165, 1.54) is 0 Å². The lowest BCUT2D eigenvalue weighted by molar-refractivity contribution is 0.0237. The Labute approximate surface area is 106 Å². The number of imidazole rings is 1. The number of hydrogen-bond donors (Lipinski definition) is 0. The smallest absolute Gasteiger partial charge is 0.410 e. The fraction of sp³-hybridized carbons (Fsp3) is 0.583. The van der Waals surface area contributed by atoms with Crippen molar-refractivity contribution in [3.05, 3.63) is 17.2 Å². The monoisotopic (exact) mass is 251 g/mol. The number of ether oxygens (including phenoxy) is 1. The first-order valence-corrected chi connectivity index (χ1v) is 5.79. The SMILES string of the molecule is Cn1c(C=O)nc2c1CN(C(=O)OC(C)(C)C)C2. The van der Waals surface area contributed by atoms with Gasteiger partial charge in [-0.05, 0) is 20.8 Å². The summed E-state index contributed by atoms with van der Waals surface area (Å²) in [6.07, 6.45) is 0.365. The van der Waals surface area contributed by atoms with Crippen molar-refractivity contribution >= 4 is 12.4 Å². The zero-order valence-electron chi connectivity index (χ0n) is 11.1. The summed E-state index contributed by atoms with van der Waals surface area (Å²) in [7, 11) is 1.77. The van der Waals surface area contributed by atoms with E-state index >= 15 is 0 Å². The molecule has 0 fully saturated rings. The number of carbonyl (C=O) groups is 2. The Morgan fingerprint density at radius 1 is 1.39 bits per heavy atom. The molecule has 0 N–H and O–H groups in total. The molecule has 0 aromatic carbocycles. The molecule has 1 amide bonds. The Morgan fingerprint density at radius 2 is 2.06 bits per heavy atom. The van der Waals surface area contributed by atoms with Gasteiger partial charge in [-0.2, -0.15) is 0 Å². The van der Waals surface area contributed by atoms with Crippen LogP contribution in [0.2, 0.25) is 0 Å². The van der Waals surface area contributed by atoms with Gasteiger partial charge in [0.25, 0.3) is 0 Å². The molecule has 0 unspecified atom stereocenters. The van der Waals surface area contributed by atoms with Crippen molar-refractivity contribution in [3.63, 3.8) is 0 Å². The predicted octanol–water partition coefficient (Wildman–Crippen LogP) is 1.48. The minimum absolute atomic E-state index is 0.354. The lowest BCUT2D eigenvalue weighted by Crippen LogP contribution is -2.33. The van der Waals surface area contributed by atoms with E-state index in [1.807, 2.05) is 20.8 Å². The van der Waals surface area contributed by atoms with Crippen LogP contribution in [0.4, 0.5) is 4.79 Å². The van der Waals surface area contributed by atoms with Gasteiger partial charge >= 0.3 is 6.09 Å². The van der Waals surface area contributed by atoms with Crippen LogP contribution in [0.5, 0.6) is 0 Å². The van der Waals surface area contributed by atoms with Gasteiger partial charge in [0.2, 0.25) is 0 Å². The Kier molecular flexibility index (Phi) is 2.88. The third kappa shape index (κ3) is 2.23. The maximum absolute atomic E-state index is 11.9. The third-order valence-electron chi connectivity index (χ3n) is 2.77. The van der Waals surface area contributed by atoms with Crippen molar-refractivity contribution in [1.29, 1.82) is 0 Å². The molecule has 0 atom stereocenters. The molecule has 1 aromatic rings. The minimum Gasteiger partial charge on any atom is -0.444 e. The summed E-state index contributed by atoms with van der Waals surface area (Å²) in [6, 6.07) is 0. The number of carbonyl (C=O) groups excluding carboxylic acids is 2. The summed E-state index contributed by atoms with van der Waals surface area (Å²) < 4.78 is 7.01. The highest BCUT2D eigenvalue weighted by atomic mass is 16.6. The maximum atomic E-state index is 11.9.